The number of aromatic nitrogens is 2. The molecule has 35 heavy (non-hydrogen) atoms. The van der Waals surface area contributed by atoms with Gasteiger partial charge in [-0.3, -0.25) is 4.18 Å². The van der Waals surface area contributed by atoms with Gasteiger partial charge in [-0.1, -0.05) is 6.07 Å². The second kappa shape index (κ2) is 9.97. The number of ether oxygens (including phenoxy) is 3. The molecule has 11 nitrogen and oxygen atoms in total. The van der Waals surface area contributed by atoms with E-state index in [2.05, 4.69) is 9.36 Å². The second-order valence-electron chi connectivity index (χ2n) is 7.54. The Kier molecular flexibility index (Phi) is 7.17. The Bertz CT molecular complexity index is 1410. The van der Waals surface area contributed by atoms with Crippen molar-refractivity contribution in [3.63, 3.8) is 0 Å². The molecule has 0 saturated carbocycles. The normalized spacial score (nSPS) is 15.7. The zero-order valence-electron chi connectivity index (χ0n) is 19.1. The molecule has 0 unspecified atom stereocenters. The maximum Gasteiger partial charge on any atom is 0.266 e. The Morgan fingerprint density at radius 2 is 1.91 bits per heavy atom. The first-order valence-corrected chi connectivity index (χ1v) is 14.3. The Morgan fingerprint density at radius 1 is 1.11 bits per heavy atom. The Hall–Kier alpha value is -2.94. The summed E-state index contributed by atoms with van der Waals surface area (Å²) in [5.41, 5.74) is 1.04. The molecule has 0 bridgehead atoms. The van der Waals surface area contributed by atoms with E-state index < -0.39 is 26.2 Å². The molecular formula is C21H23N3O8S3. The van der Waals surface area contributed by atoms with Crippen LogP contribution in [0.1, 0.15) is 23.7 Å². The highest BCUT2D eigenvalue weighted by Gasteiger charge is 2.32. The highest BCUT2D eigenvalue weighted by molar-refractivity contribution is 7.93. The average molecular weight is 542 g/mol. The van der Waals surface area contributed by atoms with Gasteiger partial charge in [-0.25, -0.2) is 17.7 Å². The van der Waals surface area contributed by atoms with Crippen LogP contribution in [0, 0.1) is 0 Å². The zero-order chi connectivity index (χ0) is 25.2. The van der Waals surface area contributed by atoms with Gasteiger partial charge < -0.3 is 14.2 Å². The average Bonchev–Trinajstić information content (AvgIpc) is 3.35. The van der Waals surface area contributed by atoms with E-state index in [4.69, 9.17) is 18.4 Å². The van der Waals surface area contributed by atoms with E-state index in [1.807, 2.05) is 0 Å². The minimum absolute atomic E-state index is 0.0565. The Labute approximate surface area is 207 Å². The van der Waals surface area contributed by atoms with Crippen molar-refractivity contribution in [3.05, 3.63) is 53.9 Å². The summed E-state index contributed by atoms with van der Waals surface area (Å²) in [5.74, 6) is 1.25. The fraction of sp³-hybridized carbons (Fsp3) is 0.333. The number of fused-ring (bicyclic) bond motifs is 1. The summed E-state index contributed by atoms with van der Waals surface area (Å²) < 4.78 is 77.3. The topological polar surface area (TPSA) is 134 Å². The predicted molar refractivity (Wildman–Crippen MR) is 128 cm³/mol. The van der Waals surface area contributed by atoms with Gasteiger partial charge in [-0.2, -0.15) is 12.8 Å². The van der Waals surface area contributed by atoms with Crippen LogP contribution >= 0.6 is 11.5 Å². The van der Waals surface area contributed by atoms with Crippen LogP contribution in [0.15, 0.2) is 47.6 Å². The Morgan fingerprint density at radius 3 is 2.57 bits per heavy atom. The van der Waals surface area contributed by atoms with E-state index in [0.29, 0.717) is 29.0 Å². The van der Waals surface area contributed by atoms with Crippen LogP contribution in [0.25, 0.3) is 0 Å². The molecule has 1 atom stereocenters. The number of benzene rings is 2. The van der Waals surface area contributed by atoms with E-state index in [1.165, 1.54) is 38.7 Å². The third kappa shape index (κ3) is 5.50. The van der Waals surface area contributed by atoms with Gasteiger partial charge in [0.25, 0.3) is 20.1 Å². The molecule has 4 rings (SSSR count). The lowest BCUT2D eigenvalue weighted by atomic mass is 10.0. The van der Waals surface area contributed by atoms with Crippen LogP contribution < -0.4 is 18.5 Å². The van der Waals surface area contributed by atoms with E-state index in [-0.39, 0.29) is 28.9 Å². The van der Waals surface area contributed by atoms with Crippen LogP contribution in [-0.4, -0.2) is 53.3 Å². The first-order valence-electron chi connectivity index (χ1n) is 10.3. The number of methoxy groups -OCH3 is 2. The van der Waals surface area contributed by atoms with Gasteiger partial charge in [0.1, 0.15) is 29.7 Å². The van der Waals surface area contributed by atoms with Crippen molar-refractivity contribution in [3.8, 4) is 17.2 Å². The van der Waals surface area contributed by atoms with E-state index in [0.717, 1.165) is 22.1 Å². The number of anilines is 1. The van der Waals surface area contributed by atoms with Gasteiger partial charge in [-0.15, -0.1) is 0 Å². The largest absolute Gasteiger partial charge is 0.497 e. The smallest absolute Gasteiger partial charge is 0.266 e. The SMILES string of the molecule is COc1ccc(CN(c2ncns2)S(=O)(=O)c2ccc3c(c2)OCC[C@H]3OS(C)(=O)=O)c(OC)c1. The Balaban J connectivity index is 1.73. The summed E-state index contributed by atoms with van der Waals surface area (Å²) in [7, 11) is -4.84. The molecule has 0 radical (unpaired) electrons. The van der Waals surface area contributed by atoms with Gasteiger partial charge >= 0.3 is 0 Å². The summed E-state index contributed by atoms with van der Waals surface area (Å²) in [6.07, 6.45) is 1.80. The van der Waals surface area contributed by atoms with Crippen molar-refractivity contribution in [2.75, 3.05) is 31.4 Å². The van der Waals surface area contributed by atoms with Crippen molar-refractivity contribution in [1.82, 2.24) is 9.36 Å². The minimum atomic E-state index is -4.13. The highest BCUT2D eigenvalue weighted by atomic mass is 32.2. The van der Waals surface area contributed by atoms with E-state index >= 15 is 0 Å². The van der Waals surface area contributed by atoms with E-state index in [1.54, 1.807) is 18.2 Å². The molecule has 188 valence electrons. The number of hydrogen-bond donors (Lipinski definition) is 0. The highest BCUT2D eigenvalue weighted by Crippen LogP contribution is 2.38. The van der Waals surface area contributed by atoms with Crippen LogP contribution in [0.5, 0.6) is 17.2 Å². The third-order valence-electron chi connectivity index (χ3n) is 5.22. The predicted octanol–water partition coefficient (Wildman–Crippen LogP) is 2.75. The fourth-order valence-corrected chi connectivity index (χ4v) is 6.37. The fourth-order valence-electron chi connectivity index (χ4n) is 3.61. The lowest BCUT2D eigenvalue weighted by molar-refractivity contribution is 0.143. The molecule has 1 aliphatic rings. The standard InChI is InChI=1S/C21H23N3O8S3/c1-29-15-5-4-14(19(10-15)30-2)12-24(21-22-13-23-33-21)35(27,28)16-6-7-17-18(32-34(3,25)26)8-9-31-20(17)11-16/h4-7,10-11,13,18H,8-9,12H2,1-3H3/t18-/m1/s1. The third-order valence-corrected chi connectivity index (χ3v) is 8.34. The lowest BCUT2D eigenvalue weighted by Crippen LogP contribution is -2.31. The molecule has 1 aromatic heterocycles. The second-order valence-corrected chi connectivity index (χ2v) is 11.8. The zero-order valence-corrected chi connectivity index (χ0v) is 21.5. The molecule has 2 aromatic carbocycles. The van der Waals surface area contributed by atoms with Crippen molar-refractivity contribution >= 4 is 36.8 Å². The van der Waals surface area contributed by atoms with Crippen molar-refractivity contribution in [2.45, 2.75) is 24.0 Å². The van der Waals surface area contributed by atoms with Crippen LogP contribution in [0.2, 0.25) is 0 Å². The van der Waals surface area contributed by atoms with Crippen molar-refractivity contribution in [2.24, 2.45) is 0 Å². The lowest BCUT2D eigenvalue weighted by Gasteiger charge is -2.27. The molecule has 0 fully saturated rings. The maximum atomic E-state index is 13.8. The summed E-state index contributed by atoms with van der Waals surface area (Å²) in [5, 5.41) is 0.166. The van der Waals surface area contributed by atoms with Gasteiger partial charge in [0.2, 0.25) is 5.13 Å². The molecule has 1 aliphatic heterocycles. The van der Waals surface area contributed by atoms with Crippen molar-refractivity contribution < 1.29 is 35.2 Å². The minimum Gasteiger partial charge on any atom is -0.497 e. The molecule has 2 heterocycles. The first kappa shape index (κ1) is 25.2. The summed E-state index contributed by atoms with van der Waals surface area (Å²) in [4.78, 5) is 4.05. The van der Waals surface area contributed by atoms with E-state index in [9.17, 15) is 16.8 Å². The number of sulfonamides is 1. The summed E-state index contributed by atoms with van der Waals surface area (Å²) in [6, 6.07) is 9.34. The molecule has 0 aliphatic carbocycles. The number of hydrogen-bond acceptors (Lipinski definition) is 11. The van der Waals surface area contributed by atoms with Gasteiger partial charge in [-0.05, 0) is 18.2 Å². The first-order chi connectivity index (χ1) is 16.6. The molecule has 3 aromatic rings. The van der Waals surface area contributed by atoms with Crippen LogP contribution in [-0.2, 0) is 30.9 Å². The molecule has 0 amide bonds. The molecular weight excluding hydrogens is 518 g/mol. The quantitative estimate of drug-likeness (QED) is 0.372. The summed E-state index contributed by atoms with van der Waals surface area (Å²) >= 11 is 0.931. The number of rotatable bonds is 9. The summed E-state index contributed by atoms with van der Waals surface area (Å²) in [6.45, 7) is 0.0995. The van der Waals surface area contributed by atoms with Crippen LogP contribution in [0.4, 0.5) is 5.13 Å². The molecule has 0 saturated heterocycles. The van der Waals surface area contributed by atoms with Gasteiger partial charge in [0.05, 0.1) is 38.5 Å². The van der Waals surface area contributed by atoms with Crippen LogP contribution in [0.3, 0.4) is 0 Å². The monoisotopic (exact) mass is 541 g/mol. The molecule has 0 N–H and O–H groups in total. The van der Waals surface area contributed by atoms with Gasteiger partial charge in [0.15, 0.2) is 0 Å². The number of nitrogens with zero attached hydrogens (tertiary/aromatic N) is 3. The van der Waals surface area contributed by atoms with Crippen molar-refractivity contribution in [1.29, 1.82) is 0 Å². The molecule has 14 heteroatoms. The van der Waals surface area contributed by atoms with Gasteiger partial charge in [0, 0.05) is 41.2 Å². The molecule has 0 spiro atoms. The maximum absolute atomic E-state index is 13.8.